The fourth-order valence-corrected chi connectivity index (χ4v) is 6.63. The van der Waals surface area contributed by atoms with Crippen LogP contribution in [0.25, 0.3) is 0 Å². The number of amides is 1. The molecule has 2 saturated carbocycles. The van der Waals surface area contributed by atoms with Gasteiger partial charge in [-0.1, -0.05) is 24.1 Å². The van der Waals surface area contributed by atoms with Gasteiger partial charge in [0, 0.05) is 18.0 Å². The van der Waals surface area contributed by atoms with Crippen LogP contribution in [0.1, 0.15) is 70.4 Å². The molecule has 0 radical (unpaired) electrons. The molecule has 2 heterocycles. The quantitative estimate of drug-likeness (QED) is 0.648. The van der Waals surface area contributed by atoms with Gasteiger partial charge in [-0.25, -0.2) is 4.79 Å². The van der Waals surface area contributed by atoms with Gasteiger partial charge in [-0.15, -0.1) is 0 Å². The molecule has 1 aromatic rings. The summed E-state index contributed by atoms with van der Waals surface area (Å²) in [6.07, 6.45) is 7.92. The molecule has 4 heteroatoms. The fourth-order valence-electron chi connectivity index (χ4n) is 6.63. The molecule has 1 spiro atoms. The van der Waals surface area contributed by atoms with Gasteiger partial charge in [0.2, 0.25) is 0 Å². The molecule has 158 valence electrons. The van der Waals surface area contributed by atoms with E-state index in [4.69, 9.17) is 4.74 Å². The first-order valence-corrected chi connectivity index (χ1v) is 11.6. The van der Waals surface area contributed by atoms with Gasteiger partial charge in [-0.05, 0) is 96.4 Å². The van der Waals surface area contributed by atoms with Crippen LogP contribution >= 0.6 is 0 Å². The Morgan fingerprint density at radius 2 is 1.90 bits per heavy atom. The Morgan fingerprint density at radius 3 is 2.52 bits per heavy atom. The van der Waals surface area contributed by atoms with E-state index < -0.39 is 5.60 Å². The smallest absolute Gasteiger partial charge is 0.414 e. The summed E-state index contributed by atoms with van der Waals surface area (Å²) in [5.74, 6) is 1.95. The Labute approximate surface area is 175 Å². The normalized spacial score (nSPS) is 30.8. The van der Waals surface area contributed by atoms with E-state index in [1.165, 1.54) is 49.9 Å². The molecule has 3 atom stereocenters. The van der Waals surface area contributed by atoms with E-state index in [0.717, 1.165) is 43.0 Å². The van der Waals surface area contributed by atoms with Gasteiger partial charge in [0.15, 0.2) is 0 Å². The number of ether oxygens (including phenoxy) is 1. The largest absolute Gasteiger partial charge is 0.443 e. The zero-order chi connectivity index (χ0) is 20.4. The predicted octanol–water partition coefficient (Wildman–Crippen LogP) is 5.27. The number of anilines is 1. The molecule has 1 amide bonds. The lowest BCUT2D eigenvalue weighted by Gasteiger charge is -2.44. The van der Waals surface area contributed by atoms with E-state index in [-0.39, 0.29) is 11.5 Å². The molecular formula is C25H36N2O2. The van der Waals surface area contributed by atoms with Crippen molar-refractivity contribution in [2.45, 2.75) is 83.3 Å². The van der Waals surface area contributed by atoms with E-state index in [2.05, 4.69) is 30.0 Å². The Morgan fingerprint density at radius 1 is 1.14 bits per heavy atom. The van der Waals surface area contributed by atoms with Gasteiger partial charge in [0.1, 0.15) is 5.60 Å². The second-order valence-electron chi connectivity index (χ2n) is 11.1. The minimum Gasteiger partial charge on any atom is -0.443 e. The van der Waals surface area contributed by atoms with Crippen LogP contribution in [0.4, 0.5) is 10.5 Å². The van der Waals surface area contributed by atoms with Crippen molar-refractivity contribution >= 4 is 11.8 Å². The summed E-state index contributed by atoms with van der Waals surface area (Å²) >= 11 is 0. The van der Waals surface area contributed by atoms with E-state index >= 15 is 0 Å². The summed E-state index contributed by atoms with van der Waals surface area (Å²) in [7, 11) is 0. The zero-order valence-corrected chi connectivity index (χ0v) is 18.5. The number of hydrogen-bond donors (Lipinski definition) is 0. The lowest BCUT2D eigenvalue weighted by atomic mass is 9.73. The Kier molecular flexibility index (Phi) is 4.51. The molecule has 0 aromatic heterocycles. The summed E-state index contributed by atoms with van der Waals surface area (Å²) in [5, 5.41) is 0. The highest BCUT2D eigenvalue weighted by Gasteiger charge is 2.50. The van der Waals surface area contributed by atoms with E-state index in [1.54, 1.807) is 0 Å². The molecule has 5 rings (SSSR count). The molecule has 2 aliphatic heterocycles. The average Bonchev–Trinajstić information content (AvgIpc) is 3.35. The fraction of sp³-hybridized carbons (Fsp3) is 0.720. The number of aryl methyl sites for hydroxylation is 1. The Balaban J connectivity index is 1.37. The van der Waals surface area contributed by atoms with Crippen molar-refractivity contribution < 1.29 is 9.53 Å². The molecule has 0 unspecified atom stereocenters. The highest BCUT2D eigenvalue weighted by Crippen LogP contribution is 2.51. The topological polar surface area (TPSA) is 32.8 Å². The maximum absolute atomic E-state index is 13.0. The SMILES string of the molecule is Cc1ccc2c(c1)C1(CCN([C@H]3C[C@@H]4CC[C@H]3C4)CC1)CN2C(=O)OC(C)(C)C. The molecule has 2 bridgehead atoms. The first-order valence-electron chi connectivity index (χ1n) is 11.6. The highest BCUT2D eigenvalue weighted by atomic mass is 16.6. The maximum atomic E-state index is 13.0. The molecule has 4 nitrogen and oxygen atoms in total. The maximum Gasteiger partial charge on any atom is 0.414 e. The van der Waals surface area contributed by atoms with Crippen molar-refractivity contribution in [3.63, 3.8) is 0 Å². The van der Waals surface area contributed by atoms with Crippen molar-refractivity contribution in [2.75, 3.05) is 24.5 Å². The number of carbonyl (C=O) groups is 1. The summed E-state index contributed by atoms with van der Waals surface area (Å²) in [6.45, 7) is 11.1. The van der Waals surface area contributed by atoms with Gasteiger partial charge < -0.3 is 9.64 Å². The van der Waals surface area contributed by atoms with Gasteiger partial charge in [-0.2, -0.15) is 0 Å². The lowest BCUT2D eigenvalue weighted by molar-refractivity contribution is 0.0558. The van der Waals surface area contributed by atoms with Crippen molar-refractivity contribution in [1.29, 1.82) is 0 Å². The zero-order valence-electron chi connectivity index (χ0n) is 18.5. The Hall–Kier alpha value is -1.55. The van der Waals surface area contributed by atoms with Crippen molar-refractivity contribution in [3.05, 3.63) is 29.3 Å². The number of hydrogen-bond acceptors (Lipinski definition) is 3. The van der Waals surface area contributed by atoms with Gasteiger partial charge >= 0.3 is 6.09 Å². The average molecular weight is 397 g/mol. The molecule has 29 heavy (non-hydrogen) atoms. The number of likely N-dealkylation sites (tertiary alicyclic amines) is 1. The van der Waals surface area contributed by atoms with Gasteiger partial charge in [-0.3, -0.25) is 4.90 Å². The standard InChI is InChI=1S/C25H36N2O2/c1-17-5-8-21-20(13-17)25(16-27(21)23(28)29-24(2,3)4)9-11-26(12-10-25)22-15-18-6-7-19(22)14-18/h5,8,13,18-19,22H,6-7,9-12,14-16H2,1-4H3/t18-,19+,22+/m1/s1. The molecular weight excluding hydrogens is 360 g/mol. The second kappa shape index (κ2) is 6.73. The third-order valence-electron chi connectivity index (χ3n) is 8.01. The van der Waals surface area contributed by atoms with Gasteiger partial charge in [0.05, 0.1) is 5.69 Å². The van der Waals surface area contributed by atoms with Crippen LogP contribution in [0.3, 0.4) is 0 Å². The van der Waals surface area contributed by atoms with E-state index in [0.29, 0.717) is 0 Å². The molecule has 4 aliphatic rings. The predicted molar refractivity (Wildman–Crippen MR) is 116 cm³/mol. The second-order valence-corrected chi connectivity index (χ2v) is 11.1. The van der Waals surface area contributed by atoms with Crippen LogP contribution in [0.2, 0.25) is 0 Å². The number of fused-ring (bicyclic) bond motifs is 4. The van der Waals surface area contributed by atoms with E-state index in [9.17, 15) is 4.79 Å². The molecule has 2 aliphatic carbocycles. The molecule has 1 aromatic carbocycles. The van der Waals surface area contributed by atoms with Crippen LogP contribution in [-0.2, 0) is 10.2 Å². The summed E-state index contributed by atoms with van der Waals surface area (Å²) in [5.41, 5.74) is 3.34. The minimum atomic E-state index is -0.469. The van der Waals surface area contributed by atoms with Crippen LogP contribution in [-0.4, -0.2) is 42.3 Å². The molecule has 0 N–H and O–H groups in total. The number of benzene rings is 1. The minimum absolute atomic E-state index is 0.0897. The summed E-state index contributed by atoms with van der Waals surface area (Å²) < 4.78 is 5.76. The van der Waals surface area contributed by atoms with Crippen LogP contribution in [0.15, 0.2) is 18.2 Å². The first-order chi connectivity index (χ1) is 13.7. The first kappa shape index (κ1) is 19.4. The number of rotatable bonds is 1. The lowest BCUT2D eigenvalue weighted by Crippen LogP contribution is -2.50. The van der Waals surface area contributed by atoms with E-state index in [1.807, 2.05) is 25.7 Å². The monoisotopic (exact) mass is 396 g/mol. The number of piperidine rings is 1. The molecule has 1 saturated heterocycles. The number of nitrogens with zero attached hydrogens (tertiary/aromatic N) is 2. The van der Waals surface area contributed by atoms with Crippen LogP contribution < -0.4 is 4.90 Å². The third-order valence-corrected chi connectivity index (χ3v) is 8.01. The van der Waals surface area contributed by atoms with Crippen molar-refractivity contribution in [3.8, 4) is 0 Å². The van der Waals surface area contributed by atoms with Crippen LogP contribution in [0.5, 0.6) is 0 Å². The molecule has 3 fully saturated rings. The van der Waals surface area contributed by atoms with Crippen molar-refractivity contribution in [1.82, 2.24) is 4.90 Å². The third kappa shape index (κ3) is 3.37. The highest BCUT2D eigenvalue weighted by molar-refractivity contribution is 5.91. The Bertz CT molecular complexity index is 804. The summed E-state index contributed by atoms with van der Waals surface area (Å²) in [4.78, 5) is 17.7. The van der Waals surface area contributed by atoms with Crippen molar-refractivity contribution in [2.24, 2.45) is 11.8 Å². The number of carbonyl (C=O) groups excluding carboxylic acids is 1. The summed E-state index contributed by atoms with van der Waals surface area (Å²) in [6, 6.07) is 7.41. The van der Waals surface area contributed by atoms with Gasteiger partial charge in [0.25, 0.3) is 0 Å². The van der Waals surface area contributed by atoms with Crippen LogP contribution in [0, 0.1) is 18.8 Å².